The van der Waals surface area contributed by atoms with Gasteiger partial charge in [0.25, 0.3) is 5.91 Å². The summed E-state index contributed by atoms with van der Waals surface area (Å²) in [5, 5.41) is 6.87. The molecule has 0 radical (unpaired) electrons. The second-order valence-corrected chi connectivity index (χ2v) is 6.55. The van der Waals surface area contributed by atoms with Crippen LogP contribution in [0.15, 0.2) is 53.2 Å². The summed E-state index contributed by atoms with van der Waals surface area (Å²) in [5.74, 6) is 0.710. The monoisotopic (exact) mass is 363 g/mol. The normalized spacial score (nSPS) is 16.5. The molecule has 1 atom stereocenters. The molecule has 4 rings (SSSR count). The minimum absolute atomic E-state index is 0.0247. The highest BCUT2D eigenvalue weighted by Crippen LogP contribution is 2.21. The van der Waals surface area contributed by atoms with Crippen LogP contribution in [0.4, 0.5) is 5.95 Å². The van der Waals surface area contributed by atoms with Gasteiger partial charge < -0.3 is 14.7 Å². The summed E-state index contributed by atoms with van der Waals surface area (Å²) in [6.45, 7) is 3.43. The van der Waals surface area contributed by atoms with Crippen molar-refractivity contribution in [3.8, 4) is 11.3 Å². The van der Waals surface area contributed by atoms with E-state index in [0.717, 1.165) is 36.3 Å². The Balaban J connectivity index is 1.41. The molecule has 3 aromatic rings. The molecule has 0 saturated carbocycles. The van der Waals surface area contributed by atoms with E-state index >= 15 is 0 Å². The highest BCUT2D eigenvalue weighted by Gasteiger charge is 2.27. The third kappa shape index (κ3) is 3.81. The molecule has 7 heteroatoms. The zero-order valence-electron chi connectivity index (χ0n) is 15.1. The largest absolute Gasteiger partial charge is 0.351 e. The van der Waals surface area contributed by atoms with Crippen molar-refractivity contribution < 1.29 is 9.32 Å². The van der Waals surface area contributed by atoms with Crippen LogP contribution >= 0.6 is 0 Å². The SMILES string of the molecule is CCc1cc(C(=O)NC2CCN(c3nccc(-c4ccccc4)n3)C2)on1. The lowest BCUT2D eigenvalue weighted by Gasteiger charge is -2.17. The van der Waals surface area contributed by atoms with Gasteiger partial charge >= 0.3 is 0 Å². The van der Waals surface area contributed by atoms with Gasteiger partial charge in [-0.25, -0.2) is 9.97 Å². The molecule has 1 amide bonds. The van der Waals surface area contributed by atoms with Crippen LogP contribution in [0.1, 0.15) is 29.6 Å². The molecule has 1 unspecified atom stereocenters. The van der Waals surface area contributed by atoms with Crippen molar-refractivity contribution in [2.24, 2.45) is 0 Å². The second kappa shape index (κ2) is 7.57. The van der Waals surface area contributed by atoms with Crippen molar-refractivity contribution in [1.82, 2.24) is 20.4 Å². The summed E-state index contributed by atoms with van der Waals surface area (Å²) >= 11 is 0. The minimum Gasteiger partial charge on any atom is -0.351 e. The molecule has 2 aromatic heterocycles. The van der Waals surface area contributed by atoms with Gasteiger partial charge in [0, 0.05) is 37.0 Å². The predicted molar refractivity (Wildman–Crippen MR) is 101 cm³/mol. The van der Waals surface area contributed by atoms with E-state index in [0.29, 0.717) is 12.5 Å². The summed E-state index contributed by atoms with van der Waals surface area (Å²) in [6, 6.07) is 13.6. The van der Waals surface area contributed by atoms with Crippen LogP contribution in [-0.2, 0) is 6.42 Å². The molecule has 1 aliphatic rings. The van der Waals surface area contributed by atoms with Crippen LogP contribution in [0.25, 0.3) is 11.3 Å². The van der Waals surface area contributed by atoms with Gasteiger partial charge in [0.1, 0.15) is 0 Å². The van der Waals surface area contributed by atoms with Crippen LogP contribution in [0, 0.1) is 0 Å². The maximum absolute atomic E-state index is 12.3. The summed E-state index contributed by atoms with van der Waals surface area (Å²) in [5.41, 5.74) is 2.73. The summed E-state index contributed by atoms with van der Waals surface area (Å²) in [7, 11) is 0. The topological polar surface area (TPSA) is 84.2 Å². The third-order valence-electron chi connectivity index (χ3n) is 4.66. The molecule has 138 valence electrons. The number of anilines is 1. The first-order chi connectivity index (χ1) is 13.2. The zero-order valence-corrected chi connectivity index (χ0v) is 15.1. The Morgan fingerprint density at radius 1 is 1.30 bits per heavy atom. The number of nitrogens with one attached hydrogen (secondary N) is 1. The lowest BCUT2D eigenvalue weighted by molar-refractivity contribution is 0.0903. The molecule has 27 heavy (non-hydrogen) atoms. The average molecular weight is 363 g/mol. The molecule has 1 fully saturated rings. The average Bonchev–Trinajstić information content (AvgIpc) is 3.38. The molecule has 3 heterocycles. The third-order valence-corrected chi connectivity index (χ3v) is 4.66. The van der Waals surface area contributed by atoms with Crippen LogP contribution in [-0.4, -0.2) is 40.2 Å². The Labute approximate surface area is 157 Å². The number of carbonyl (C=O) groups is 1. The van der Waals surface area contributed by atoms with Gasteiger partial charge in [-0.15, -0.1) is 0 Å². The smallest absolute Gasteiger partial charge is 0.290 e. The van der Waals surface area contributed by atoms with E-state index < -0.39 is 0 Å². The van der Waals surface area contributed by atoms with Crippen LogP contribution in [0.3, 0.4) is 0 Å². The van der Waals surface area contributed by atoms with E-state index in [1.165, 1.54) is 0 Å². The van der Waals surface area contributed by atoms with E-state index in [-0.39, 0.29) is 17.7 Å². The quantitative estimate of drug-likeness (QED) is 0.750. The molecular formula is C20H21N5O2. The molecule has 1 aromatic carbocycles. The van der Waals surface area contributed by atoms with Gasteiger partial charge in [-0.1, -0.05) is 42.4 Å². The number of aromatic nitrogens is 3. The van der Waals surface area contributed by atoms with Gasteiger partial charge in [0.2, 0.25) is 11.7 Å². The Hall–Kier alpha value is -3.22. The fourth-order valence-electron chi connectivity index (χ4n) is 3.17. The van der Waals surface area contributed by atoms with Gasteiger partial charge in [0.05, 0.1) is 11.4 Å². The number of rotatable bonds is 5. The van der Waals surface area contributed by atoms with Gasteiger partial charge in [-0.2, -0.15) is 0 Å². The van der Waals surface area contributed by atoms with Crippen molar-refractivity contribution in [1.29, 1.82) is 0 Å². The van der Waals surface area contributed by atoms with Crippen LogP contribution < -0.4 is 10.2 Å². The highest BCUT2D eigenvalue weighted by atomic mass is 16.5. The van der Waals surface area contributed by atoms with Gasteiger partial charge in [-0.3, -0.25) is 4.79 Å². The Bertz CT molecular complexity index is 925. The molecular weight excluding hydrogens is 342 g/mol. The number of hydrogen-bond donors (Lipinski definition) is 1. The number of benzene rings is 1. The van der Waals surface area contributed by atoms with Gasteiger partial charge in [0.15, 0.2) is 0 Å². The summed E-state index contributed by atoms with van der Waals surface area (Å²) in [6.07, 6.45) is 3.35. The first kappa shape index (κ1) is 17.2. The predicted octanol–water partition coefficient (Wildman–Crippen LogP) is 2.70. The number of carbonyl (C=O) groups excluding carboxylic acids is 1. The van der Waals surface area contributed by atoms with Crippen molar-refractivity contribution in [3.05, 3.63) is 60.1 Å². The van der Waals surface area contributed by atoms with E-state index in [1.807, 2.05) is 43.3 Å². The lowest BCUT2D eigenvalue weighted by Crippen LogP contribution is -2.37. The molecule has 0 spiro atoms. The van der Waals surface area contributed by atoms with Gasteiger partial charge in [-0.05, 0) is 18.9 Å². The number of nitrogens with zero attached hydrogens (tertiary/aromatic N) is 4. The fraction of sp³-hybridized carbons (Fsp3) is 0.300. The standard InChI is InChI=1S/C20H21N5O2/c1-2-15-12-18(27-24-15)19(26)22-16-9-11-25(13-16)20-21-10-8-17(23-20)14-6-4-3-5-7-14/h3-8,10,12,16H,2,9,11,13H2,1H3,(H,22,26). The Morgan fingerprint density at radius 2 is 2.15 bits per heavy atom. The molecule has 1 aliphatic heterocycles. The van der Waals surface area contributed by atoms with Crippen molar-refractivity contribution in [3.63, 3.8) is 0 Å². The molecule has 1 saturated heterocycles. The number of aryl methyl sites for hydroxylation is 1. The van der Waals surface area contributed by atoms with Crippen molar-refractivity contribution >= 4 is 11.9 Å². The fourth-order valence-corrected chi connectivity index (χ4v) is 3.17. The highest BCUT2D eigenvalue weighted by molar-refractivity contribution is 5.91. The van der Waals surface area contributed by atoms with Crippen LogP contribution in [0.2, 0.25) is 0 Å². The lowest BCUT2D eigenvalue weighted by atomic mass is 10.1. The molecule has 0 aliphatic carbocycles. The maximum atomic E-state index is 12.3. The molecule has 0 bridgehead atoms. The second-order valence-electron chi connectivity index (χ2n) is 6.55. The van der Waals surface area contributed by atoms with Crippen molar-refractivity contribution in [2.45, 2.75) is 25.8 Å². The molecule has 7 nitrogen and oxygen atoms in total. The molecule has 1 N–H and O–H groups in total. The van der Waals surface area contributed by atoms with E-state index in [4.69, 9.17) is 4.52 Å². The van der Waals surface area contributed by atoms with Crippen molar-refractivity contribution in [2.75, 3.05) is 18.0 Å². The Kier molecular flexibility index (Phi) is 4.82. The van der Waals surface area contributed by atoms with Crippen LogP contribution in [0.5, 0.6) is 0 Å². The zero-order chi connectivity index (χ0) is 18.6. The minimum atomic E-state index is -0.229. The number of amides is 1. The number of hydrogen-bond acceptors (Lipinski definition) is 6. The van der Waals surface area contributed by atoms with E-state index in [1.54, 1.807) is 12.3 Å². The first-order valence-electron chi connectivity index (χ1n) is 9.13. The summed E-state index contributed by atoms with van der Waals surface area (Å²) < 4.78 is 5.10. The first-order valence-corrected chi connectivity index (χ1v) is 9.13. The maximum Gasteiger partial charge on any atom is 0.290 e. The Morgan fingerprint density at radius 3 is 2.93 bits per heavy atom. The van der Waals surface area contributed by atoms with E-state index in [9.17, 15) is 4.79 Å². The summed E-state index contributed by atoms with van der Waals surface area (Å²) in [4.78, 5) is 23.5. The van der Waals surface area contributed by atoms with E-state index in [2.05, 4.69) is 25.3 Å².